The second-order valence-electron chi connectivity index (χ2n) is 11.6. The molecule has 45 heavy (non-hydrogen) atoms. The summed E-state index contributed by atoms with van der Waals surface area (Å²) < 4.78 is 92.8. The maximum absolute atomic E-state index is 13.8. The molecule has 5 rings (SSSR count). The number of carbonyl (C=O) groups excluding carboxylic acids is 2. The van der Waals surface area contributed by atoms with E-state index in [2.05, 4.69) is 0 Å². The number of alkyl halides is 6. The van der Waals surface area contributed by atoms with Crippen molar-refractivity contribution in [3.8, 4) is 5.75 Å². The van der Waals surface area contributed by atoms with Gasteiger partial charge in [0.2, 0.25) is 11.8 Å². The lowest BCUT2D eigenvalue weighted by atomic mass is 9.58. The van der Waals surface area contributed by atoms with Gasteiger partial charge in [0.25, 0.3) is 0 Å². The fourth-order valence-electron chi connectivity index (χ4n) is 6.70. The van der Waals surface area contributed by atoms with E-state index in [1.165, 1.54) is 7.11 Å². The van der Waals surface area contributed by atoms with Gasteiger partial charge >= 0.3 is 19.5 Å². The number of nitrogens with zero attached hydrogens (tertiary/aromatic N) is 1. The van der Waals surface area contributed by atoms with Crippen LogP contribution in [-0.2, 0) is 31.3 Å². The van der Waals surface area contributed by atoms with Gasteiger partial charge < -0.3 is 19.5 Å². The number of benzene rings is 2. The standard InChI is InChI=1S/C31H30BF6NO6/c1-16(9-17-5-3-4-6-24(17)40)7-8-25-26-18(15-44-2)10-22-27(23(26)14-32(43)45-25)29(42)39(28(22)41)21-12-19(30(33,34)35)11-20(13-21)31(36,37)38/h3-6,9,11-13,22-23,25,27,40,43H,7-8,10,14-15H2,1-2H3/b16-9+/t22-,23+,25-,27-/m1/s1. The molecule has 240 valence electrons. The highest BCUT2D eigenvalue weighted by molar-refractivity contribution is 6.43. The summed E-state index contributed by atoms with van der Waals surface area (Å²) in [5.41, 5.74) is -1.34. The van der Waals surface area contributed by atoms with E-state index in [0.717, 1.165) is 5.57 Å². The van der Waals surface area contributed by atoms with Crippen molar-refractivity contribution in [1.82, 2.24) is 0 Å². The van der Waals surface area contributed by atoms with Gasteiger partial charge in [0, 0.05) is 12.7 Å². The van der Waals surface area contributed by atoms with Crippen molar-refractivity contribution in [2.45, 2.75) is 51.0 Å². The number of amides is 2. The summed E-state index contributed by atoms with van der Waals surface area (Å²) >= 11 is 0. The maximum Gasteiger partial charge on any atom is 0.455 e. The van der Waals surface area contributed by atoms with Gasteiger partial charge in [0.1, 0.15) is 5.75 Å². The van der Waals surface area contributed by atoms with Crippen LogP contribution >= 0.6 is 0 Å². The molecule has 14 heteroatoms. The molecular formula is C31H30BF6NO6. The zero-order valence-corrected chi connectivity index (χ0v) is 24.3. The lowest BCUT2D eigenvalue weighted by Gasteiger charge is -2.43. The van der Waals surface area contributed by atoms with E-state index in [-0.39, 0.29) is 31.2 Å². The number of phenolic OH excluding ortho intramolecular Hbond substituents is 1. The number of allylic oxidation sites excluding steroid dienone is 1. The van der Waals surface area contributed by atoms with Crippen molar-refractivity contribution in [3.05, 3.63) is 75.9 Å². The van der Waals surface area contributed by atoms with Gasteiger partial charge in [0.15, 0.2) is 0 Å². The molecule has 2 aliphatic heterocycles. The molecule has 2 aromatic rings. The van der Waals surface area contributed by atoms with Crippen LogP contribution in [0.2, 0.25) is 6.32 Å². The zero-order chi connectivity index (χ0) is 32.8. The summed E-state index contributed by atoms with van der Waals surface area (Å²) in [5.74, 6) is -4.71. The molecule has 0 aromatic heterocycles. The Bertz CT molecular complexity index is 1520. The number of hydrogen-bond donors (Lipinski definition) is 2. The van der Waals surface area contributed by atoms with Gasteiger partial charge in [-0.1, -0.05) is 29.8 Å². The van der Waals surface area contributed by atoms with E-state index in [0.29, 0.717) is 46.6 Å². The quantitative estimate of drug-likeness (QED) is 0.161. The summed E-state index contributed by atoms with van der Waals surface area (Å²) in [6, 6.07) is 7.44. The van der Waals surface area contributed by atoms with Crippen LogP contribution in [0.25, 0.3) is 6.08 Å². The van der Waals surface area contributed by atoms with Crippen molar-refractivity contribution in [2.24, 2.45) is 17.8 Å². The Kier molecular flexibility index (Phi) is 8.95. The second kappa shape index (κ2) is 12.3. The number of para-hydroxylation sites is 1. The smallest absolute Gasteiger partial charge is 0.455 e. The molecule has 0 radical (unpaired) electrons. The average Bonchev–Trinajstić information content (AvgIpc) is 3.21. The molecule has 3 aliphatic rings. The van der Waals surface area contributed by atoms with Crippen molar-refractivity contribution < 1.29 is 55.5 Å². The van der Waals surface area contributed by atoms with Crippen LogP contribution in [0.5, 0.6) is 5.75 Å². The van der Waals surface area contributed by atoms with Crippen molar-refractivity contribution in [1.29, 1.82) is 0 Å². The van der Waals surface area contributed by atoms with Crippen molar-refractivity contribution in [2.75, 3.05) is 18.6 Å². The molecule has 2 saturated heterocycles. The molecule has 4 atom stereocenters. The molecule has 2 fully saturated rings. The first-order valence-corrected chi connectivity index (χ1v) is 14.3. The third-order valence-corrected chi connectivity index (χ3v) is 8.60. The SMILES string of the molecule is COCC1=C2[C@@H](CC/C(C)=C/c3ccccc3O)OB(O)C[C@@H]2[C@@H]2C(=O)N(c3cc(C(F)(F)F)cc(C(F)(F)F)c3)C(=O)[C@@H]2C1. The van der Waals surface area contributed by atoms with E-state index in [9.17, 15) is 46.1 Å². The van der Waals surface area contributed by atoms with Crippen molar-refractivity contribution >= 4 is 30.7 Å². The first kappa shape index (κ1) is 32.8. The van der Waals surface area contributed by atoms with Crippen LogP contribution in [0.15, 0.2) is 59.2 Å². The van der Waals surface area contributed by atoms with E-state index in [4.69, 9.17) is 9.39 Å². The highest BCUT2D eigenvalue weighted by Crippen LogP contribution is 2.52. The molecule has 2 N–H and O–H groups in total. The lowest BCUT2D eigenvalue weighted by Crippen LogP contribution is -2.46. The van der Waals surface area contributed by atoms with Gasteiger partial charge in [-0.2, -0.15) is 26.3 Å². The molecule has 0 spiro atoms. The lowest BCUT2D eigenvalue weighted by molar-refractivity contribution is -0.143. The number of methoxy groups -OCH3 is 1. The molecule has 1 aliphatic carbocycles. The highest BCUT2D eigenvalue weighted by atomic mass is 19.4. The summed E-state index contributed by atoms with van der Waals surface area (Å²) in [6.07, 6.45) is -8.56. The largest absolute Gasteiger partial charge is 0.507 e. The van der Waals surface area contributed by atoms with Gasteiger partial charge in [-0.05, 0) is 73.8 Å². The fourth-order valence-corrected chi connectivity index (χ4v) is 6.70. The van der Waals surface area contributed by atoms with E-state index in [1.807, 2.05) is 6.92 Å². The van der Waals surface area contributed by atoms with Crippen LogP contribution in [0.4, 0.5) is 32.0 Å². The Balaban J connectivity index is 1.49. The van der Waals surface area contributed by atoms with Gasteiger partial charge in [-0.3, -0.25) is 9.59 Å². The monoisotopic (exact) mass is 637 g/mol. The number of hydrogen-bond acceptors (Lipinski definition) is 6. The third-order valence-electron chi connectivity index (χ3n) is 8.60. The van der Waals surface area contributed by atoms with Crippen LogP contribution in [0, 0.1) is 17.8 Å². The van der Waals surface area contributed by atoms with Gasteiger partial charge in [-0.15, -0.1) is 0 Å². The Morgan fingerprint density at radius 1 is 1.04 bits per heavy atom. The first-order valence-electron chi connectivity index (χ1n) is 14.3. The molecule has 2 amide bonds. The van der Waals surface area contributed by atoms with Crippen LogP contribution in [0.1, 0.15) is 42.9 Å². The molecule has 0 bridgehead atoms. The second-order valence-corrected chi connectivity index (χ2v) is 11.6. The van der Waals surface area contributed by atoms with Gasteiger partial charge in [0.05, 0.1) is 41.4 Å². The predicted molar refractivity (Wildman–Crippen MR) is 152 cm³/mol. The van der Waals surface area contributed by atoms with Gasteiger partial charge in [-0.25, -0.2) is 4.90 Å². The normalized spacial score (nSPS) is 24.3. The Morgan fingerprint density at radius 3 is 2.29 bits per heavy atom. The van der Waals surface area contributed by atoms with E-state index < -0.39 is 72.0 Å². The molecular weight excluding hydrogens is 607 g/mol. The number of fused-ring (bicyclic) bond motifs is 3. The van der Waals surface area contributed by atoms with E-state index >= 15 is 0 Å². The summed E-state index contributed by atoms with van der Waals surface area (Å²) in [5, 5.41) is 20.8. The zero-order valence-electron chi connectivity index (χ0n) is 24.3. The Hall–Kier alpha value is -3.62. The molecule has 2 heterocycles. The number of aromatic hydroxyl groups is 1. The number of carbonyl (C=O) groups is 2. The van der Waals surface area contributed by atoms with Crippen molar-refractivity contribution in [3.63, 3.8) is 0 Å². The molecule has 7 nitrogen and oxygen atoms in total. The van der Waals surface area contributed by atoms with Crippen LogP contribution in [0.3, 0.4) is 0 Å². The minimum Gasteiger partial charge on any atom is -0.507 e. The minimum atomic E-state index is -5.17. The number of imide groups is 1. The average molecular weight is 637 g/mol. The highest BCUT2D eigenvalue weighted by Gasteiger charge is 2.58. The third kappa shape index (κ3) is 6.54. The summed E-state index contributed by atoms with van der Waals surface area (Å²) in [7, 11) is 0.0903. The molecule has 0 saturated carbocycles. The summed E-state index contributed by atoms with van der Waals surface area (Å²) in [6.45, 7) is 1.90. The number of halogens is 6. The maximum atomic E-state index is 13.8. The minimum absolute atomic E-state index is 0.0147. The number of ether oxygens (including phenoxy) is 1. The summed E-state index contributed by atoms with van der Waals surface area (Å²) in [4.78, 5) is 27.9. The Labute approximate surface area is 255 Å². The predicted octanol–water partition coefficient (Wildman–Crippen LogP) is 6.26. The molecule has 2 aromatic carbocycles. The first-order chi connectivity index (χ1) is 21.1. The Morgan fingerprint density at radius 2 is 1.69 bits per heavy atom. The fraction of sp³-hybridized carbons (Fsp3) is 0.419. The van der Waals surface area contributed by atoms with Crippen LogP contribution in [-0.4, -0.2) is 48.9 Å². The van der Waals surface area contributed by atoms with E-state index in [1.54, 1.807) is 30.3 Å². The molecule has 0 unspecified atom stereocenters. The van der Waals surface area contributed by atoms with Crippen LogP contribution < -0.4 is 4.90 Å². The number of rotatable bonds is 7. The number of phenols is 1. The topological polar surface area (TPSA) is 96.3 Å². The number of anilines is 1.